The van der Waals surface area contributed by atoms with E-state index >= 15 is 0 Å². The first-order valence-electron chi connectivity index (χ1n) is 4.98. The smallest absolute Gasteiger partial charge is 0.0462 e. The summed E-state index contributed by atoms with van der Waals surface area (Å²) < 4.78 is 5.06. The fourth-order valence-corrected chi connectivity index (χ4v) is 2.23. The molecule has 1 aromatic carbocycles. The number of hydrogen-bond donors (Lipinski definition) is 0. The van der Waals surface area contributed by atoms with Crippen molar-refractivity contribution in [3.8, 4) is 0 Å². The van der Waals surface area contributed by atoms with Gasteiger partial charge in [0.1, 0.15) is 0 Å². The van der Waals surface area contributed by atoms with E-state index in [2.05, 4.69) is 46.3 Å². The van der Waals surface area contributed by atoms with Crippen LogP contribution in [0.25, 0.3) is 0 Å². The van der Waals surface area contributed by atoms with Gasteiger partial charge >= 0.3 is 0 Å². The Balaban J connectivity index is 2.46. The standard InChI is InChI=1S/C12H17BrO/c1-14-9-5-8-12(10-13)11-6-3-2-4-7-11/h2-4,6-7,12H,5,8-10H2,1H3. The number of ether oxygens (including phenoxy) is 1. The maximum absolute atomic E-state index is 5.06. The summed E-state index contributed by atoms with van der Waals surface area (Å²) in [5, 5.41) is 1.03. The lowest BCUT2D eigenvalue weighted by atomic mass is 9.96. The normalized spacial score (nSPS) is 12.7. The van der Waals surface area contributed by atoms with Crippen LogP contribution in [0.5, 0.6) is 0 Å². The molecule has 0 saturated heterocycles. The minimum atomic E-state index is 0.617. The predicted octanol–water partition coefficient (Wildman–Crippen LogP) is 3.59. The van der Waals surface area contributed by atoms with Crippen molar-refractivity contribution in [2.75, 3.05) is 19.0 Å². The number of hydrogen-bond acceptors (Lipinski definition) is 1. The first-order valence-corrected chi connectivity index (χ1v) is 6.10. The Kier molecular flexibility index (Phi) is 5.88. The zero-order chi connectivity index (χ0) is 10.2. The molecule has 0 aliphatic rings. The Bertz CT molecular complexity index is 235. The fourth-order valence-electron chi connectivity index (χ4n) is 1.53. The number of alkyl halides is 1. The van der Waals surface area contributed by atoms with Crippen molar-refractivity contribution in [1.82, 2.24) is 0 Å². The van der Waals surface area contributed by atoms with Crippen molar-refractivity contribution < 1.29 is 4.74 Å². The monoisotopic (exact) mass is 256 g/mol. The second-order valence-corrected chi connectivity index (χ2v) is 4.04. The van der Waals surface area contributed by atoms with Gasteiger partial charge in [0.2, 0.25) is 0 Å². The molecule has 1 nitrogen and oxygen atoms in total. The van der Waals surface area contributed by atoms with Crippen LogP contribution in [0.4, 0.5) is 0 Å². The average molecular weight is 257 g/mol. The third-order valence-corrected chi connectivity index (χ3v) is 3.14. The van der Waals surface area contributed by atoms with Crippen molar-refractivity contribution in [2.24, 2.45) is 0 Å². The van der Waals surface area contributed by atoms with Gasteiger partial charge in [-0.15, -0.1) is 0 Å². The first kappa shape index (κ1) is 11.7. The maximum Gasteiger partial charge on any atom is 0.0462 e. The van der Waals surface area contributed by atoms with Gasteiger partial charge in [-0.25, -0.2) is 0 Å². The molecule has 0 amide bonds. The molecule has 0 saturated carbocycles. The summed E-state index contributed by atoms with van der Waals surface area (Å²) in [6.07, 6.45) is 2.31. The second kappa shape index (κ2) is 7.02. The molecule has 0 heterocycles. The van der Waals surface area contributed by atoms with Crippen LogP contribution in [0.15, 0.2) is 30.3 Å². The summed E-state index contributed by atoms with van der Waals surface area (Å²) in [4.78, 5) is 0. The number of methoxy groups -OCH3 is 1. The van der Waals surface area contributed by atoms with Gasteiger partial charge in [0.25, 0.3) is 0 Å². The third kappa shape index (κ3) is 3.81. The molecule has 14 heavy (non-hydrogen) atoms. The van der Waals surface area contributed by atoms with Crippen LogP contribution in [0.2, 0.25) is 0 Å². The van der Waals surface area contributed by atoms with Crippen molar-refractivity contribution >= 4 is 15.9 Å². The highest BCUT2D eigenvalue weighted by Gasteiger charge is 2.08. The van der Waals surface area contributed by atoms with E-state index in [-0.39, 0.29) is 0 Å². The molecule has 2 heteroatoms. The van der Waals surface area contributed by atoms with E-state index < -0.39 is 0 Å². The molecule has 1 unspecified atom stereocenters. The summed E-state index contributed by atoms with van der Waals surface area (Å²) in [6.45, 7) is 0.857. The molecule has 0 bridgehead atoms. The van der Waals surface area contributed by atoms with Gasteiger partial charge in [-0.3, -0.25) is 0 Å². The molecule has 0 spiro atoms. The van der Waals surface area contributed by atoms with Gasteiger partial charge in [0, 0.05) is 19.0 Å². The van der Waals surface area contributed by atoms with Crippen molar-refractivity contribution in [1.29, 1.82) is 0 Å². The molecule has 0 aliphatic carbocycles. The molecule has 0 aromatic heterocycles. The summed E-state index contributed by atoms with van der Waals surface area (Å²) >= 11 is 3.56. The molecule has 1 aromatic rings. The van der Waals surface area contributed by atoms with Crippen LogP contribution in [0.1, 0.15) is 24.3 Å². The zero-order valence-electron chi connectivity index (χ0n) is 8.58. The minimum Gasteiger partial charge on any atom is -0.385 e. The Labute approximate surface area is 94.6 Å². The van der Waals surface area contributed by atoms with Crippen molar-refractivity contribution in [3.63, 3.8) is 0 Å². The molecular weight excluding hydrogens is 240 g/mol. The number of benzene rings is 1. The third-order valence-electron chi connectivity index (χ3n) is 2.36. The lowest BCUT2D eigenvalue weighted by Crippen LogP contribution is -2.02. The van der Waals surface area contributed by atoms with E-state index in [1.807, 2.05) is 0 Å². The molecule has 0 fully saturated rings. The molecule has 1 rings (SSSR count). The lowest BCUT2D eigenvalue weighted by molar-refractivity contribution is 0.191. The topological polar surface area (TPSA) is 9.23 Å². The van der Waals surface area contributed by atoms with E-state index in [4.69, 9.17) is 4.74 Å². The van der Waals surface area contributed by atoms with Gasteiger partial charge in [-0.2, -0.15) is 0 Å². The van der Waals surface area contributed by atoms with Gasteiger partial charge in [0.05, 0.1) is 0 Å². The minimum absolute atomic E-state index is 0.617. The highest BCUT2D eigenvalue weighted by Crippen LogP contribution is 2.22. The molecule has 78 valence electrons. The molecular formula is C12H17BrO. The average Bonchev–Trinajstić information content (AvgIpc) is 2.26. The Morgan fingerprint density at radius 3 is 2.57 bits per heavy atom. The van der Waals surface area contributed by atoms with E-state index in [0.717, 1.165) is 18.4 Å². The molecule has 0 radical (unpaired) electrons. The van der Waals surface area contributed by atoms with Gasteiger partial charge < -0.3 is 4.74 Å². The maximum atomic E-state index is 5.06. The van der Waals surface area contributed by atoms with Crippen LogP contribution in [0, 0.1) is 0 Å². The SMILES string of the molecule is COCCCC(CBr)c1ccccc1. The van der Waals surface area contributed by atoms with Crippen LogP contribution < -0.4 is 0 Å². The van der Waals surface area contributed by atoms with E-state index in [1.165, 1.54) is 12.0 Å². The molecule has 0 aliphatic heterocycles. The highest BCUT2D eigenvalue weighted by atomic mass is 79.9. The van der Waals surface area contributed by atoms with E-state index in [9.17, 15) is 0 Å². The van der Waals surface area contributed by atoms with Crippen LogP contribution >= 0.6 is 15.9 Å². The van der Waals surface area contributed by atoms with E-state index in [0.29, 0.717) is 5.92 Å². The zero-order valence-corrected chi connectivity index (χ0v) is 10.2. The van der Waals surface area contributed by atoms with Crippen molar-refractivity contribution in [2.45, 2.75) is 18.8 Å². The van der Waals surface area contributed by atoms with Crippen molar-refractivity contribution in [3.05, 3.63) is 35.9 Å². The second-order valence-electron chi connectivity index (χ2n) is 3.40. The van der Waals surface area contributed by atoms with Crippen LogP contribution in [-0.4, -0.2) is 19.0 Å². The number of rotatable bonds is 6. The van der Waals surface area contributed by atoms with Gasteiger partial charge in [-0.05, 0) is 24.3 Å². The highest BCUT2D eigenvalue weighted by molar-refractivity contribution is 9.09. The Hall–Kier alpha value is -0.340. The van der Waals surface area contributed by atoms with E-state index in [1.54, 1.807) is 7.11 Å². The number of halogens is 1. The van der Waals surface area contributed by atoms with Crippen LogP contribution in [-0.2, 0) is 4.74 Å². The summed E-state index contributed by atoms with van der Waals surface area (Å²) in [5.74, 6) is 0.617. The summed E-state index contributed by atoms with van der Waals surface area (Å²) in [7, 11) is 1.76. The predicted molar refractivity (Wildman–Crippen MR) is 64.1 cm³/mol. The first-order chi connectivity index (χ1) is 6.88. The summed E-state index contributed by atoms with van der Waals surface area (Å²) in [6, 6.07) is 10.6. The Morgan fingerprint density at radius 2 is 2.00 bits per heavy atom. The largest absolute Gasteiger partial charge is 0.385 e. The van der Waals surface area contributed by atoms with Crippen LogP contribution in [0.3, 0.4) is 0 Å². The Morgan fingerprint density at radius 1 is 1.29 bits per heavy atom. The summed E-state index contributed by atoms with van der Waals surface area (Å²) in [5.41, 5.74) is 1.42. The molecule has 0 N–H and O–H groups in total. The fraction of sp³-hybridized carbons (Fsp3) is 0.500. The van der Waals surface area contributed by atoms with Gasteiger partial charge in [-0.1, -0.05) is 46.3 Å². The quantitative estimate of drug-likeness (QED) is 0.559. The van der Waals surface area contributed by atoms with Gasteiger partial charge in [0.15, 0.2) is 0 Å². The molecule has 1 atom stereocenters. The lowest BCUT2D eigenvalue weighted by Gasteiger charge is -2.13.